The molecule has 114 valence electrons. The van der Waals surface area contributed by atoms with Gasteiger partial charge in [-0.2, -0.15) is 0 Å². The normalized spacial score (nSPS) is 12.0. The van der Waals surface area contributed by atoms with E-state index in [4.69, 9.17) is 0 Å². The zero-order valence-corrected chi connectivity index (χ0v) is 12.9. The molecule has 0 spiro atoms. The van der Waals surface area contributed by atoms with Crippen LogP contribution in [0.4, 0.5) is 0 Å². The Hall–Kier alpha value is -1.88. The number of imidazole rings is 1. The van der Waals surface area contributed by atoms with Gasteiger partial charge in [0.1, 0.15) is 5.65 Å². The molecule has 2 rings (SSSR count). The van der Waals surface area contributed by atoms with Crippen molar-refractivity contribution < 1.29 is 9.90 Å². The first-order chi connectivity index (χ1) is 10.0. The van der Waals surface area contributed by atoms with E-state index in [-0.39, 0.29) is 0 Å². The molecule has 2 aromatic heterocycles. The van der Waals surface area contributed by atoms with Gasteiger partial charge >= 0.3 is 5.97 Å². The number of aromatic nitrogens is 2. The van der Waals surface area contributed by atoms with Crippen molar-refractivity contribution in [1.82, 2.24) is 14.7 Å². The highest BCUT2D eigenvalue weighted by molar-refractivity contribution is 5.74. The summed E-state index contributed by atoms with van der Waals surface area (Å²) in [4.78, 5) is 15.9. The van der Waals surface area contributed by atoms with E-state index in [2.05, 4.69) is 14.7 Å². The molecule has 0 radical (unpaired) electrons. The Morgan fingerprint density at radius 2 is 2.10 bits per heavy atom. The van der Waals surface area contributed by atoms with Crippen LogP contribution in [0.2, 0.25) is 0 Å². The van der Waals surface area contributed by atoms with Crippen LogP contribution in [-0.2, 0) is 11.3 Å². The Morgan fingerprint density at radius 3 is 2.71 bits per heavy atom. The van der Waals surface area contributed by atoms with E-state index in [1.807, 2.05) is 45.2 Å². The molecule has 5 nitrogen and oxygen atoms in total. The number of rotatable bonds is 7. The minimum absolute atomic E-state index is 0.467. The second-order valence-electron chi connectivity index (χ2n) is 5.51. The zero-order valence-electron chi connectivity index (χ0n) is 12.9. The van der Waals surface area contributed by atoms with Crippen LogP contribution in [0, 0.1) is 12.3 Å². The van der Waals surface area contributed by atoms with Gasteiger partial charge in [-0.3, -0.25) is 4.79 Å². The van der Waals surface area contributed by atoms with Gasteiger partial charge < -0.3 is 14.8 Å². The molecule has 0 aromatic carbocycles. The lowest BCUT2D eigenvalue weighted by atomic mass is 9.82. The van der Waals surface area contributed by atoms with Gasteiger partial charge in [-0.15, -0.1) is 0 Å². The topological polar surface area (TPSA) is 66.6 Å². The first-order valence-electron chi connectivity index (χ1n) is 7.40. The molecule has 0 atom stereocenters. The van der Waals surface area contributed by atoms with Gasteiger partial charge in [-0.1, -0.05) is 19.9 Å². The number of carboxylic acid groups (broad SMARTS) is 1. The van der Waals surface area contributed by atoms with Crippen molar-refractivity contribution in [2.45, 2.75) is 40.2 Å². The predicted octanol–water partition coefficient (Wildman–Crippen LogP) is 2.62. The van der Waals surface area contributed by atoms with Crippen LogP contribution in [-0.4, -0.2) is 27.0 Å². The maximum Gasteiger partial charge on any atom is 0.310 e. The first kappa shape index (κ1) is 15.5. The largest absolute Gasteiger partial charge is 0.481 e. The van der Waals surface area contributed by atoms with E-state index in [1.165, 1.54) is 0 Å². The second kappa shape index (κ2) is 6.26. The molecule has 0 bridgehead atoms. The Kier molecular flexibility index (Phi) is 4.63. The molecule has 2 heterocycles. The lowest BCUT2D eigenvalue weighted by Gasteiger charge is -2.27. The van der Waals surface area contributed by atoms with Crippen molar-refractivity contribution in [2.24, 2.45) is 5.41 Å². The van der Waals surface area contributed by atoms with Crippen LogP contribution in [0.15, 0.2) is 24.4 Å². The fourth-order valence-corrected chi connectivity index (χ4v) is 2.71. The predicted molar refractivity (Wildman–Crippen MR) is 82.3 cm³/mol. The van der Waals surface area contributed by atoms with Crippen molar-refractivity contribution in [3.63, 3.8) is 0 Å². The molecule has 0 saturated heterocycles. The van der Waals surface area contributed by atoms with Crippen molar-refractivity contribution in [2.75, 3.05) is 6.54 Å². The average molecular weight is 289 g/mol. The number of carbonyl (C=O) groups is 1. The number of nitrogens with one attached hydrogen (secondary N) is 1. The molecule has 21 heavy (non-hydrogen) atoms. The minimum Gasteiger partial charge on any atom is -0.481 e. The van der Waals surface area contributed by atoms with E-state index in [1.54, 1.807) is 0 Å². The summed E-state index contributed by atoms with van der Waals surface area (Å²) in [6, 6.07) is 5.99. The van der Waals surface area contributed by atoms with Crippen LogP contribution in [0.1, 0.15) is 38.1 Å². The number of hydrogen-bond acceptors (Lipinski definition) is 3. The Balaban J connectivity index is 2.10. The van der Waals surface area contributed by atoms with E-state index >= 15 is 0 Å². The number of aryl methyl sites for hydroxylation is 1. The number of pyridine rings is 1. The highest BCUT2D eigenvalue weighted by Gasteiger charge is 2.34. The van der Waals surface area contributed by atoms with E-state index in [0.717, 1.165) is 17.0 Å². The van der Waals surface area contributed by atoms with Gasteiger partial charge in [0.25, 0.3) is 0 Å². The molecule has 0 aliphatic rings. The van der Waals surface area contributed by atoms with Crippen molar-refractivity contribution in [1.29, 1.82) is 0 Å². The van der Waals surface area contributed by atoms with Crippen molar-refractivity contribution >= 4 is 11.6 Å². The maximum absolute atomic E-state index is 11.5. The molecular formula is C16H23N3O2. The Morgan fingerprint density at radius 1 is 1.38 bits per heavy atom. The molecule has 0 amide bonds. The van der Waals surface area contributed by atoms with Crippen molar-refractivity contribution in [3.8, 4) is 0 Å². The quantitative estimate of drug-likeness (QED) is 0.822. The number of nitrogens with zero attached hydrogens (tertiary/aromatic N) is 2. The summed E-state index contributed by atoms with van der Waals surface area (Å²) in [6.45, 7) is 6.97. The maximum atomic E-state index is 11.5. The number of aliphatic carboxylic acids is 1. The summed E-state index contributed by atoms with van der Waals surface area (Å²) in [7, 11) is 0. The minimum atomic E-state index is -0.727. The Labute approximate surface area is 125 Å². The molecule has 2 aromatic rings. The molecule has 0 aliphatic heterocycles. The average Bonchev–Trinajstić information content (AvgIpc) is 2.88. The standard InChI is InChI=1S/C16H23N3O2/c1-4-16(5-2,15(20)21)11-17-9-13-10-18-14-8-6-7-12(3)19(13)14/h6-8,10,17H,4-5,9,11H2,1-3H3,(H,20,21). The van der Waals surface area contributed by atoms with Gasteiger partial charge in [0.2, 0.25) is 0 Å². The van der Waals surface area contributed by atoms with Crippen LogP contribution < -0.4 is 5.32 Å². The summed E-state index contributed by atoms with van der Waals surface area (Å²) < 4.78 is 2.09. The Bertz CT molecular complexity index is 629. The zero-order chi connectivity index (χ0) is 15.5. The summed E-state index contributed by atoms with van der Waals surface area (Å²) >= 11 is 0. The highest BCUT2D eigenvalue weighted by Crippen LogP contribution is 2.25. The van der Waals surface area contributed by atoms with E-state index < -0.39 is 11.4 Å². The van der Waals surface area contributed by atoms with E-state index in [9.17, 15) is 9.90 Å². The van der Waals surface area contributed by atoms with Gasteiger partial charge in [0.05, 0.1) is 17.3 Å². The lowest BCUT2D eigenvalue weighted by molar-refractivity contribution is -0.149. The molecule has 5 heteroatoms. The molecule has 0 unspecified atom stereocenters. The van der Waals surface area contributed by atoms with Crippen LogP contribution in [0.3, 0.4) is 0 Å². The third kappa shape index (κ3) is 2.93. The van der Waals surface area contributed by atoms with Crippen LogP contribution in [0.5, 0.6) is 0 Å². The summed E-state index contributed by atoms with van der Waals surface area (Å²) in [5, 5.41) is 12.7. The van der Waals surface area contributed by atoms with Crippen molar-refractivity contribution in [3.05, 3.63) is 35.8 Å². The van der Waals surface area contributed by atoms with Crippen LogP contribution in [0.25, 0.3) is 5.65 Å². The number of hydrogen-bond donors (Lipinski definition) is 2. The third-order valence-electron chi connectivity index (χ3n) is 4.37. The highest BCUT2D eigenvalue weighted by atomic mass is 16.4. The molecule has 0 saturated carbocycles. The first-order valence-corrected chi connectivity index (χ1v) is 7.40. The molecular weight excluding hydrogens is 266 g/mol. The van der Waals surface area contributed by atoms with Gasteiger partial charge in [-0.25, -0.2) is 4.98 Å². The molecule has 0 aliphatic carbocycles. The molecule has 2 N–H and O–H groups in total. The summed E-state index contributed by atoms with van der Waals surface area (Å²) in [5.41, 5.74) is 2.41. The molecule has 0 fully saturated rings. The van der Waals surface area contributed by atoms with Crippen LogP contribution >= 0.6 is 0 Å². The smallest absolute Gasteiger partial charge is 0.310 e. The third-order valence-corrected chi connectivity index (χ3v) is 4.37. The van der Waals surface area contributed by atoms with Gasteiger partial charge in [-0.05, 0) is 31.9 Å². The fraction of sp³-hybridized carbons (Fsp3) is 0.500. The summed E-state index contributed by atoms with van der Waals surface area (Å²) in [6.07, 6.45) is 3.09. The van der Waals surface area contributed by atoms with Gasteiger partial charge in [0, 0.05) is 18.8 Å². The number of fused-ring (bicyclic) bond motifs is 1. The monoisotopic (exact) mass is 289 g/mol. The van der Waals surface area contributed by atoms with Gasteiger partial charge in [0.15, 0.2) is 0 Å². The lowest BCUT2D eigenvalue weighted by Crippen LogP contribution is -2.40. The van der Waals surface area contributed by atoms with E-state index in [0.29, 0.717) is 25.9 Å². The summed E-state index contributed by atoms with van der Waals surface area (Å²) in [5.74, 6) is -0.727. The SMILES string of the molecule is CCC(CC)(CNCc1cnc2cccc(C)n12)C(=O)O. The number of carboxylic acids is 1. The second-order valence-corrected chi connectivity index (χ2v) is 5.51. The fourth-order valence-electron chi connectivity index (χ4n) is 2.71.